The molecule has 0 amide bonds. The summed E-state index contributed by atoms with van der Waals surface area (Å²) in [6.07, 6.45) is 3.39. The average Bonchev–Trinajstić information content (AvgIpc) is 3.25. The SMILES string of the molecule is C=C(C(=O)OC)c1cnc(N2CCC[C@H]2CO)nc1NCc1ccc(OC)c(Cl)c1. The molecule has 8 nitrogen and oxygen atoms in total. The van der Waals surface area contributed by atoms with Crippen molar-refractivity contribution in [3.63, 3.8) is 0 Å². The molecule has 1 aromatic carbocycles. The number of nitrogens with zero attached hydrogens (tertiary/aromatic N) is 3. The van der Waals surface area contributed by atoms with Crippen LogP contribution in [0.3, 0.4) is 0 Å². The van der Waals surface area contributed by atoms with Crippen molar-refractivity contribution in [2.24, 2.45) is 0 Å². The molecule has 1 saturated heterocycles. The van der Waals surface area contributed by atoms with E-state index in [1.807, 2.05) is 11.0 Å². The van der Waals surface area contributed by atoms with E-state index in [1.54, 1.807) is 25.4 Å². The molecule has 0 aliphatic carbocycles. The molecule has 1 aromatic heterocycles. The van der Waals surface area contributed by atoms with Gasteiger partial charge in [-0.2, -0.15) is 4.98 Å². The average molecular weight is 433 g/mol. The highest BCUT2D eigenvalue weighted by Gasteiger charge is 2.27. The molecule has 1 fully saturated rings. The molecular formula is C21H25ClN4O4. The maximum atomic E-state index is 12.0. The van der Waals surface area contributed by atoms with Gasteiger partial charge >= 0.3 is 5.97 Å². The summed E-state index contributed by atoms with van der Waals surface area (Å²) in [6, 6.07) is 5.45. The van der Waals surface area contributed by atoms with Crippen molar-refractivity contribution in [3.8, 4) is 5.75 Å². The van der Waals surface area contributed by atoms with Gasteiger partial charge in [-0.15, -0.1) is 0 Å². The van der Waals surface area contributed by atoms with Gasteiger partial charge in [0, 0.05) is 24.8 Å². The minimum absolute atomic E-state index is 0.0205. The Bertz CT molecular complexity index is 937. The zero-order chi connectivity index (χ0) is 21.7. The van der Waals surface area contributed by atoms with Crippen LogP contribution in [0.4, 0.5) is 11.8 Å². The lowest BCUT2D eigenvalue weighted by Crippen LogP contribution is -2.33. The second-order valence-electron chi connectivity index (χ2n) is 6.90. The van der Waals surface area contributed by atoms with Gasteiger partial charge < -0.3 is 24.8 Å². The molecule has 1 aliphatic heterocycles. The Hall–Kier alpha value is -2.84. The molecule has 0 bridgehead atoms. The number of hydrogen-bond donors (Lipinski definition) is 2. The molecule has 160 valence electrons. The predicted octanol–water partition coefficient (Wildman–Crippen LogP) is 2.90. The molecule has 0 saturated carbocycles. The maximum Gasteiger partial charge on any atom is 0.338 e. The van der Waals surface area contributed by atoms with Crippen molar-refractivity contribution in [2.75, 3.05) is 37.6 Å². The Morgan fingerprint density at radius 3 is 2.90 bits per heavy atom. The van der Waals surface area contributed by atoms with Gasteiger partial charge in [-0.25, -0.2) is 9.78 Å². The van der Waals surface area contributed by atoms with Crippen LogP contribution in [0.25, 0.3) is 5.57 Å². The summed E-state index contributed by atoms with van der Waals surface area (Å²) in [5, 5.41) is 13.4. The second-order valence-corrected chi connectivity index (χ2v) is 7.30. The van der Waals surface area contributed by atoms with E-state index in [0.717, 1.165) is 24.9 Å². The highest BCUT2D eigenvalue weighted by atomic mass is 35.5. The standard InChI is InChI=1S/C21H25ClN4O4/c1-13(20(28)30-3)16-11-24-21(26-8-4-5-15(26)12-27)25-19(16)23-10-14-6-7-18(29-2)17(22)9-14/h6-7,9,11,15,27H,1,4-5,8,10,12H2,2-3H3,(H,23,24,25)/t15-/m0/s1. The largest absolute Gasteiger partial charge is 0.495 e. The Labute approximate surface area is 180 Å². The summed E-state index contributed by atoms with van der Waals surface area (Å²) in [7, 11) is 2.86. The summed E-state index contributed by atoms with van der Waals surface area (Å²) in [5.74, 6) is 0.971. The first-order valence-corrected chi connectivity index (χ1v) is 9.94. The summed E-state index contributed by atoms with van der Waals surface area (Å²) >= 11 is 6.21. The number of nitrogens with one attached hydrogen (secondary N) is 1. The quantitative estimate of drug-likeness (QED) is 0.485. The van der Waals surface area contributed by atoms with Gasteiger partial charge in [-0.3, -0.25) is 0 Å². The number of carbonyl (C=O) groups is 1. The molecule has 2 aromatic rings. The number of rotatable bonds is 8. The molecule has 3 rings (SSSR count). The van der Waals surface area contributed by atoms with E-state index in [4.69, 9.17) is 21.1 Å². The third-order valence-corrected chi connectivity index (χ3v) is 5.35. The van der Waals surface area contributed by atoms with Gasteiger partial charge in [0.15, 0.2) is 0 Å². The highest BCUT2D eigenvalue weighted by molar-refractivity contribution is 6.32. The lowest BCUT2D eigenvalue weighted by Gasteiger charge is -2.24. The van der Waals surface area contributed by atoms with Crippen LogP contribution in [0.1, 0.15) is 24.0 Å². The molecule has 2 N–H and O–H groups in total. The first-order valence-electron chi connectivity index (χ1n) is 9.56. The molecule has 2 heterocycles. The minimum Gasteiger partial charge on any atom is -0.495 e. The summed E-state index contributed by atoms with van der Waals surface area (Å²) in [6.45, 7) is 5.02. The lowest BCUT2D eigenvalue weighted by molar-refractivity contribution is -0.133. The lowest BCUT2D eigenvalue weighted by atomic mass is 10.1. The Kier molecular flexibility index (Phi) is 7.12. The van der Waals surface area contributed by atoms with Crippen molar-refractivity contribution in [1.82, 2.24) is 9.97 Å². The number of methoxy groups -OCH3 is 2. The highest BCUT2D eigenvalue weighted by Crippen LogP contribution is 2.29. The smallest absolute Gasteiger partial charge is 0.338 e. The zero-order valence-electron chi connectivity index (χ0n) is 17.0. The second kappa shape index (κ2) is 9.77. The normalized spacial score (nSPS) is 15.7. The summed E-state index contributed by atoms with van der Waals surface area (Å²) in [5.41, 5.74) is 1.51. The fourth-order valence-corrected chi connectivity index (χ4v) is 3.67. The third-order valence-electron chi connectivity index (χ3n) is 5.05. The van der Waals surface area contributed by atoms with Crippen LogP contribution < -0.4 is 15.0 Å². The van der Waals surface area contributed by atoms with E-state index in [9.17, 15) is 9.90 Å². The summed E-state index contributed by atoms with van der Waals surface area (Å²) in [4.78, 5) is 23.0. The zero-order valence-corrected chi connectivity index (χ0v) is 17.8. The number of hydrogen-bond acceptors (Lipinski definition) is 8. The predicted molar refractivity (Wildman–Crippen MR) is 116 cm³/mol. The van der Waals surface area contributed by atoms with Crippen LogP contribution in [-0.2, 0) is 16.1 Å². The number of halogens is 1. The van der Waals surface area contributed by atoms with Crippen LogP contribution in [0.15, 0.2) is 31.0 Å². The van der Waals surface area contributed by atoms with E-state index < -0.39 is 5.97 Å². The maximum absolute atomic E-state index is 12.0. The number of aromatic nitrogens is 2. The van der Waals surface area contributed by atoms with Crippen molar-refractivity contribution in [2.45, 2.75) is 25.4 Å². The van der Waals surface area contributed by atoms with Gasteiger partial charge in [0.05, 0.1) is 37.5 Å². The fraction of sp³-hybridized carbons (Fsp3) is 0.381. The number of esters is 1. The van der Waals surface area contributed by atoms with Gasteiger partial charge in [0.1, 0.15) is 11.6 Å². The number of benzene rings is 1. The number of aliphatic hydroxyl groups is 1. The Morgan fingerprint density at radius 2 is 2.23 bits per heavy atom. The molecular weight excluding hydrogens is 408 g/mol. The van der Waals surface area contributed by atoms with Crippen molar-refractivity contribution < 1.29 is 19.4 Å². The molecule has 0 spiro atoms. The minimum atomic E-state index is -0.559. The van der Waals surface area contributed by atoms with E-state index in [0.29, 0.717) is 34.6 Å². The number of anilines is 2. The van der Waals surface area contributed by atoms with Gasteiger partial charge in [0.25, 0.3) is 0 Å². The first kappa shape index (κ1) is 21.9. The number of ether oxygens (including phenoxy) is 2. The topological polar surface area (TPSA) is 96.8 Å². The molecule has 9 heteroatoms. The summed E-state index contributed by atoms with van der Waals surface area (Å²) < 4.78 is 9.98. The first-order chi connectivity index (χ1) is 14.5. The Balaban J connectivity index is 1.90. The monoisotopic (exact) mass is 432 g/mol. The van der Waals surface area contributed by atoms with Crippen LogP contribution in [0, 0.1) is 0 Å². The third kappa shape index (κ3) is 4.66. The fourth-order valence-electron chi connectivity index (χ4n) is 3.39. The van der Waals surface area contributed by atoms with Crippen molar-refractivity contribution in [3.05, 3.63) is 47.1 Å². The van der Waals surface area contributed by atoms with E-state index in [1.165, 1.54) is 7.11 Å². The van der Waals surface area contributed by atoms with E-state index >= 15 is 0 Å². The molecule has 0 unspecified atom stereocenters. The molecule has 0 radical (unpaired) electrons. The number of aliphatic hydroxyl groups excluding tert-OH is 1. The van der Waals surface area contributed by atoms with Gasteiger partial charge in [-0.05, 0) is 30.5 Å². The van der Waals surface area contributed by atoms with Crippen molar-refractivity contribution in [1.29, 1.82) is 0 Å². The molecule has 30 heavy (non-hydrogen) atoms. The molecule has 1 atom stereocenters. The van der Waals surface area contributed by atoms with Crippen LogP contribution in [-0.4, -0.2) is 54.5 Å². The van der Waals surface area contributed by atoms with E-state index in [2.05, 4.69) is 21.9 Å². The Morgan fingerprint density at radius 1 is 1.43 bits per heavy atom. The van der Waals surface area contributed by atoms with E-state index in [-0.39, 0.29) is 18.2 Å². The van der Waals surface area contributed by atoms with Crippen LogP contribution in [0.2, 0.25) is 5.02 Å². The van der Waals surface area contributed by atoms with Gasteiger partial charge in [-0.1, -0.05) is 24.2 Å². The molecule has 1 aliphatic rings. The van der Waals surface area contributed by atoms with Crippen LogP contribution >= 0.6 is 11.6 Å². The van der Waals surface area contributed by atoms with Crippen molar-refractivity contribution >= 4 is 34.9 Å². The van der Waals surface area contributed by atoms with Gasteiger partial charge in [0.2, 0.25) is 5.95 Å². The number of carbonyl (C=O) groups excluding carboxylic acids is 1. The van der Waals surface area contributed by atoms with Crippen LogP contribution in [0.5, 0.6) is 5.75 Å².